The van der Waals surface area contributed by atoms with E-state index < -0.39 is 0 Å². The lowest BCUT2D eigenvalue weighted by molar-refractivity contribution is 0.379. The van der Waals surface area contributed by atoms with Crippen molar-refractivity contribution in [3.63, 3.8) is 0 Å². The Morgan fingerprint density at radius 1 is 1.27 bits per heavy atom. The van der Waals surface area contributed by atoms with Crippen LogP contribution in [0.3, 0.4) is 0 Å². The van der Waals surface area contributed by atoms with Crippen molar-refractivity contribution in [1.82, 2.24) is 20.1 Å². The summed E-state index contributed by atoms with van der Waals surface area (Å²) >= 11 is 3.20. The molecule has 0 aliphatic rings. The van der Waals surface area contributed by atoms with Crippen LogP contribution in [0.15, 0.2) is 50.1 Å². The van der Waals surface area contributed by atoms with E-state index in [1.165, 1.54) is 0 Å². The van der Waals surface area contributed by atoms with Gasteiger partial charge in [0.1, 0.15) is 11.4 Å². The van der Waals surface area contributed by atoms with Gasteiger partial charge in [0.05, 0.1) is 21.7 Å². The van der Waals surface area contributed by atoms with E-state index in [4.69, 9.17) is 8.94 Å². The van der Waals surface area contributed by atoms with Gasteiger partial charge in [-0.15, -0.1) is 11.3 Å². The van der Waals surface area contributed by atoms with Crippen molar-refractivity contribution in [2.24, 2.45) is 0 Å². The van der Waals surface area contributed by atoms with Gasteiger partial charge in [0.25, 0.3) is 0 Å². The molecular formula is C14H10N4O2S2. The van der Waals surface area contributed by atoms with Crippen molar-refractivity contribution in [2.75, 3.05) is 0 Å². The molecule has 0 fully saturated rings. The Balaban J connectivity index is 1.60. The molecule has 0 saturated heterocycles. The fourth-order valence-corrected chi connectivity index (χ4v) is 3.84. The molecule has 22 heavy (non-hydrogen) atoms. The van der Waals surface area contributed by atoms with Crippen LogP contribution in [0.5, 0.6) is 0 Å². The Morgan fingerprint density at radius 2 is 2.23 bits per heavy atom. The molecule has 0 saturated carbocycles. The monoisotopic (exact) mass is 330 g/mol. The maximum atomic E-state index is 5.33. The zero-order valence-electron chi connectivity index (χ0n) is 11.5. The number of hydrogen-bond donors (Lipinski definition) is 0. The maximum absolute atomic E-state index is 5.33. The quantitative estimate of drug-likeness (QED) is 0.410. The fourth-order valence-electron chi connectivity index (χ4n) is 1.97. The van der Waals surface area contributed by atoms with Gasteiger partial charge >= 0.3 is 0 Å². The lowest BCUT2D eigenvalue weighted by Crippen LogP contribution is -1.91. The van der Waals surface area contributed by atoms with Gasteiger partial charge in [0.2, 0.25) is 11.7 Å². The molecule has 4 heterocycles. The highest BCUT2D eigenvalue weighted by atomic mass is 32.2. The molecule has 0 aliphatic heterocycles. The Labute approximate surface area is 133 Å². The summed E-state index contributed by atoms with van der Waals surface area (Å²) in [5.74, 6) is 1.59. The molecule has 0 bridgehead atoms. The van der Waals surface area contributed by atoms with Crippen LogP contribution in [-0.2, 0) is 0 Å². The number of thiophene rings is 1. The first-order chi connectivity index (χ1) is 10.8. The lowest BCUT2D eigenvalue weighted by Gasteiger charge is -2.05. The number of aromatic nitrogens is 4. The summed E-state index contributed by atoms with van der Waals surface area (Å²) in [5, 5.41) is 6.86. The molecule has 0 radical (unpaired) electrons. The van der Waals surface area contributed by atoms with Gasteiger partial charge in [-0.2, -0.15) is 4.98 Å². The van der Waals surface area contributed by atoms with Crippen molar-refractivity contribution in [3.05, 3.63) is 42.1 Å². The van der Waals surface area contributed by atoms with E-state index in [-0.39, 0.29) is 5.25 Å². The third-order valence-electron chi connectivity index (χ3n) is 3.03. The van der Waals surface area contributed by atoms with E-state index in [9.17, 15) is 0 Å². The SMILES string of the molecule is CC(Sc1ncnc2ccsc12)c1nc(-c2ccco2)no1. The van der Waals surface area contributed by atoms with Crippen molar-refractivity contribution in [2.45, 2.75) is 17.2 Å². The molecule has 1 atom stereocenters. The number of furan rings is 1. The Hall–Kier alpha value is -2.19. The van der Waals surface area contributed by atoms with Crippen LogP contribution in [-0.4, -0.2) is 20.1 Å². The Bertz CT molecular complexity index is 901. The number of nitrogens with zero attached hydrogens (tertiary/aromatic N) is 4. The highest BCUT2D eigenvalue weighted by Crippen LogP contribution is 2.38. The first-order valence-electron chi connectivity index (χ1n) is 6.53. The van der Waals surface area contributed by atoms with Crippen molar-refractivity contribution < 1.29 is 8.94 Å². The van der Waals surface area contributed by atoms with Gasteiger partial charge in [-0.1, -0.05) is 16.9 Å². The summed E-state index contributed by atoms with van der Waals surface area (Å²) < 4.78 is 11.7. The topological polar surface area (TPSA) is 77.8 Å². The molecule has 8 heteroatoms. The number of rotatable bonds is 4. The van der Waals surface area contributed by atoms with Crippen molar-refractivity contribution >= 4 is 33.3 Å². The van der Waals surface area contributed by atoms with Gasteiger partial charge in [0, 0.05) is 0 Å². The molecule has 0 amide bonds. The second-order valence-corrected chi connectivity index (χ2v) is 6.75. The highest BCUT2D eigenvalue weighted by Gasteiger charge is 2.19. The summed E-state index contributed by atoms with van der Waals surface area (Å²) in [4.78, 5) is 13.0. The molecule has 0 aromatic carbocycles. The van der Waals surface area contributed by atoms with E-state index >= 15 is 0 Å². The molecular weight excluding hydrogens is 320 g/mol. The summed E-state index contributed by atoms with van der Waals surface area (Å²) in [6, 6.07) is 5.57. The first-order valence-corrected chi connectivity index (χ1v) is 8.29. The molecule has 110 valence electrons. The van der Waals surface area contributed by atoms with Crippen LogP contribution in [0.1, 0.15) is 18.1 Å². The average molecular weight is 330 g/mol. The Kier molecular flexibility index (Phi) is 3.39. The fraction of sp³-hybridized carbons (Fsp3) is 0.143. The molecule has 4 aromatic rings. The largest absolute Gasteiger partial charge is 0.461 e. The van der Waals surface area contributed by atoms with Crippen LogP contribution < -0.4 is 0 Å². The van der Waals surface area contributed by atoms with Crippen LogP contribution >= 0.6 is 23.1 Å². The van der Waals surface area contributed by atoms with Crippen molar-refractivity contribution in [1.29, 1.82) is 0 Å². The van der Waals surface area contributed by atoms with Crippen LogP contribution in [0.25, 0.3) is 21.8 Å². The predicted octanol–water partition coefficient (Wildman–Crippen LogP) is 4.19. The molecule has 6 nitrogen and oxygen atoms in total. The molecule has 4 rings (SSSR count). The minimum Gasteiger partial charge on any atom is -0.461 e. The van der Waals surface area contributed by atoms with Crippen LogP contribution in [0, 0.1) is 0 Å². The summed E-state index contributed by atoms with van der Waals surface area (Å²) in [5.41, 5.74) is 0.955. The maximum Gasteiger partial charge on any atom is 0.240 e. The standard InChI is InChI=1S/C14H10N4O2S2/c1-8(13-17-12(18-20-13)10-3-2-5-19-10)22-14-11-9(4-6-21-11)15-7-16-14/h2-8H,1H3. The third kappa shape index (κ3) is 2.40. The average Bonchev–Trinajstić information content (AvgIpc) is 3.27. The zero-order chi connectivity index (χ0) is 14.9. The van der Waals surface area contributed by atoms with Gasteiger partial charge < -0.3 is 8.94 Å². The van der Waals surface area contributed by atoms with E-state index in [1.807, 2.05) is 18.4 Å². The lowest BCUT2D eigenvalue weighted by atomic mass is 10.4. The number of fused-ring (bicyclic) bond motifs is 1. The minimum absolute atomic E-state index is 0.0172. The summed E-state index contributed by atoms with van der Waals surface area (Å²) in [6.07, 6.45) is 3.16. The summed E-state index contributed by atoms with van der Waals surface area (Å²) in [6.45, 7) is 2.01. The van der Waals surface area contributed by atoms with Gasteiger partial charge in [0.15, 0.2) is 5.76 Å². The molecule has 0 aliphatic carbocycles. The molecule has 1 unspecified atom stereocenters. The molecule has 0 N–H and O–H groups in total. The number of thioether (sulfide) groups is 1. The molecule has 0 spiro atoms. The Morgan fingerprint density at radius 3 is 3.09 bits per heavy atom. The van der Waals surface area contributed by atoms with E-state index in [2.05, 4.69) is 20.1 Å². The second-order valence-electron chi connectivity index (χ2n) is 4.51. The van der Waals surface area contributed by atoms with Crippen LogP contribution in [0.4, 0.5) is 0 Å². The van der Waals surface area contributed by atoms with Crippen molar-refractivity contribution in [3.8, 4) is 11.6 Å². The predicted molar refractivity (Wildman–Crippen MR) is 83.7 cm³/mol. The first kappa shape index (κ1) is 13.5. The summed E-state index contributed by atoms with van der Waals surface area (Å²) in [7, 11) is 0. The van der Waals surface area contributed by atoms with Gasteiger partial charge in [-0.25, -0.2) is 9.97 Å². The number of hydrogen-bond acceptors (Lipinski definition) is 8. The zero-order valence-corrected chi connectivity index (χ0v) is 13.1. The van der Waals surface area contributed by atoms with Crippen LogP contribution in [0.2, 0.25) is 0 Å². The van der Waals surface area contributed by atoms with Gasteiger partial charge in [-0.3, -0.25) is 0 Å². The third-order valence-corrected chi connectivity index (χ3v) is 5.16. The molecule has 4 aromatic heterocycles. The smallest absolute Gasteiger partial charge is 0.240 e. The van der Waals surface area contributed by atoms with Gasteiger partial charge in [-0.05, 0) is 30.5 Å². The van der Waals surface area contributed by atoms with E-state index in [1.54, 1.807) is 47.8 Å². The second kappa shape index (κ2) is 5.54. The highest BCUT2D eigenvalue weighted by molar-refractivity contribution is 7.99. The van der Waals surface area contributed by atoms with E-state index in [0.717, 1.165) is 15.2 Å². The normalized spacial score (nSPS) is 12.8. The minimum atomic E-state index is -0.0172. The van der Waals surface area contributed by atoms with E-state index in [0.29, 0.717) is 17.5 Å².